The SMILES string of the molecule is COc1cc([N+](=O)[O-])ccc1C(=O)N1CCC(O)C1. The Kier molecular flexibility index (Phi) is 3.66. The summed E-state index contributed by atoms with van der Waals surface area (Å²) in [7, 11) is 1.36. The number of carbonyl (C=O) groups is 1. The van der Waals surface area contributed by atoms with Crippen LogP contribution in [-0.4, -0.2) is 47.1 Å². The molecule has 19 heavy (non-hydrogen) atoms. The summed E-state index contributed by atoms with van der Waals surface area (Å²) in [6.07, 6.45) is 0.0362. The van der Waals surface area contributed by atoms with Crippen LogP contribution < -0.4 is 4.74 Å². The lowest BCUT2D eigenvalue weighted by Crippen LogP contribution is -2.29. The van der Waals surface area contributed by atoms with E-state index in [1.165, 1.54) is 30.2 Å². The second-order valence-corrected chi connectivity index (χ2v) is 4.34. The number of nitro benzene ring substituents is 1. The Bertz CT molecular complexity index is 517. The van der Waals surface area contributed by atoms with E-state index in [1.54, 1.807) is 0 Å². The number of benzene rings is 1. The molecule has 0 spiro atoms. The Morgan fingerprint density at radius 3 is 2.84 bits per heavy atom. The molecule has 102 valence electrons. The number of aliphatic hydroxyl groups is 1. The van der Waals surface area contributed by atoms with Crippen molar-refractivity contribution in [2.45, 2.75) is 12.5 Å². The zero-order valence-electron chi connectivity index (χ0n) is 10.4. The van der Waals surface area contributed by atoms with E-state index in [0.29, 0.717) is 13.0 Å². The lowest BCUT2D eigenvalue weighted by atomic mass is 10.1. The molecule has 7 heteroatoms. The maximum absolute atomic E-state index is 12.2. The molecule has 1 aliphatic heterocycles. The van der Waals surface area contributed by atoms with E-state index in [-0.39, 0.29) is 29.5 Å². The van der Waals surface area contributed by atoms with Crippen LogP contribution in [0.3, 0.4) is 0 Å². The summed E-state index contributed by atoms with van der Waals surface area (Å²) in [6.45, 7) is 0.749. The van der Waals surface area contributed by atoms with Gasteiger partial charge in [-0.15, -0.1) is 0 Å². The monoisotopic (exact) mass is 266 g/mol. The molecule has 1 aromatic rings. The first-order valence-electron chi connectivity index (χ1n) is 5.82. The number of rotatable bonds is 3. The summed E-state index contributed by atoms with van der Waals surface area (Å²) in [5, 5.41) is 20.1. The van der Waals surface area contributed by atoms with Crippen molar-refractivity contribution in [1.82, 2.24) is 4.90 Å². The fraction of sp³-hybridized carbons (Fsp3) is 0.417. The van der Waals surface area contributed by atoms with Crippen molar-refractivity contribution < 1.29 is 19.6 Å². The van der Waals surface area contributed by atoms with Crippen LogP contribution in [0.5, 0.6) is 5.75 Å². The second-order valence-electron chi connectivity index (χ2n) is 4.34. The Morgan fingerprint density at radius 1 is 1.58 bits per heavy atom. The standard InChI is InChI=1S/C12H14N2O5/c1-19-11-6-8(14(17)18)2-3-10(11)12(16)13-5-4-9(15)7-13/h2-3,6,9,15H,4-5,7H2,1H3. The molecule has 0 aromatic heterocycles. The number of nitro groups is 1. The molecule has 2 rings (SSSR count). The number of non-ortho nitro benzene ring substituents is 1. The number of carbonyl (C=O) groups excluding carboxylic acids is 1. The van der Waals surface area contributed by atoms with Gasteiger partial charge in [0.25, 0.3) is 11.6 Å². The third-order valence-corrected chi connectivity index (χ3v) is 3.08. The Morgan fingerprint density at radius 2 is 2.32 bits per heavy atom. The third kappa shape index (κ3) is 2.65. The van der Waals surface area contributed by atoms with Gasteiger partial charge in [0.2, 0.25) is 0 Å². The highest BCUT2D eigenvalue weighted by Gasteiger charge is 2.27. The average molecular weight is 266 g/mol. The molecule has 1 heterocycles. The van der Waals surface area contributed by atoms with E-state index in [9.17, 15) is 20.0 Å². The molecular weight excluding hydrogens is 252 g/mol. The molecule has 1 saturated heterocycles. The highest BCUT2D eigenvalue weighted by molar-refractivity contribution is 5.97. The lowest BCUT2D eigenvalue weighted by molar-refractivity contribution is -0.384. The number of hydrogen-bond donors (Lipinski definition) is 1. The van der Waals surface area contributed by atoms with Crippen LogP contribution in [0, 0.1) is 10.1 Å². The maximum Gasteiger partial charge on any atom is 0.273 e. The lowest BCUT2D eigenvalue weighted by Gasteiger charge is -2.17. The molecule has 0 bridgehead atoms. The molecule has 1 atom stereocenters. The summed E-state index contributed by atoms with van der Waals surface area (Å²) < 4.78 is 5.03. The van der Waals surface area contributed by atoms with Crippen LogP contribution in [0.1, 0.15) is 16.8 Å². The Labute approximate surface area is 109 Å². The summed E-state index contributed by atoms with van der Waals surface area (Å²) in [4.78, 5) is 23.9. The van der Waals surface area contributed by atoms with E-state index < -0.39 is 11.0 Å². The van der Waals surface area contributed by atoms with Gasteiger partial charge in [-0.3, -0.25) is 14.9 Å². The zero-order valence-corrected chi connectivity index (χ0v) is 10.4. The van der Waals surface area contributed by atoms with Gasteiger partial charge in [0.05, 0.1) is 29.8 Å². The highest BCUT2D eigenvalue weighted by atomic mass is 16.6. The average Bonchev–Trinajstić information content (AvgIpc) is 2.83. The number of likely N-dealkylation sites (tertiary alicyclic amines) is 1. The second kappa shape index (κ2) is 5.23. The minimum absolute atomic E-state index is 0.130. The van der Waals surface area contributed by atoms with E-state index >= 15 is 0 Å². The first-order chi connectivity index (χ1) is 9.02. The highest BCUT2D eigenvalue weighted by Crippen LogP contribution is 2.26. The molecule has 1 amide bonds. The number of nitrogens with zero attached hydrogens (tertiary/aromatic N) is 2. The van der Waals surface area contributed by atoms with Gasteiger partial charge < -0.3 is 14.7 Å². The molecule has 0 aliphatic carbocycles. The van der Waals surface area contributed by atoms with Crippen LogP contribution in [0.4, 0.5) is 5.69 Å². The molecular formula is C12H14N2O5. The number of ether oxygens (including phenoxy) is 1. The smallest absolute Gasteiger partial charge is 0.273 e. The number of amides is 1. The minimum Gasteiger partial charge on any atom is -0.496 e. The topological polar surface area (TPSA) is 92.9 Å². The van der Waals surface area contributed by atoms with E-state index in [1.807, 2.05) is 0 Å². The van der Waals surface area contributed by atoms with E-state index in [4.69, 9.17) is 4.74 Å². The van der Waals surface area contributed by atoms with Gasteiger partial charge >= 0.3 is 0 Å². The quantitative estimate of drug-likeness (QED) is 0.645. The molecule has 0 radical (unpaired) electrons. The van der Waals surface area contributed by atoms with Crippen molar-refractivity contribution in [2.24, 2.45) is 0 Å². The predicted molar refractivity (Wildman–Crippen MR) is 66.2 cm³/mol. The molecule has 1 aliphatic rings. The van der Waals surface area contributed by atoms with Crippen LogP contribution >= 0.6 is 0 Å². The van der Waals surface area contributed by atoms with Crippen molar-refractivity contribution in [3.8, 4) is 5.75 Å². The minimum atomic E-state index is -0.545. The first-order valence-corrected chi connectivity index (χ1v) is 5.82. The fourth-order valence-electron chi connectivity index (χ4n) is 2.07. The number of aliphatic hydroxyl groups excluding tert-OH is 1. The zero-order chi connectivity index (χ0) is 14.0. The normalized spacial score (nSPS) is 18.4. The number of β-amino-alcohol motifs (C(OH)–C–C–N with tert-alkyl or cyclic N) is 1. The van der Waals surface area contributed by atoms with Crippen molar-refractivity contribution >= 4 is 11.6 Å². The van der Waals surface area contributed by atoms with Gasteiger partial charge in [0.1, 0.15) is 5.75 Å². The van der Waals surface area contributed by atoms with Gasteiger partial charge in [-0.2, -0.15) is 0 Å². The summed E-state index contributed by atoms with van der Waals surface area (Å²) in [5.74, 6) is -0.121. The molecule has 1 fully saturated rings. The molecule has 1 unspecified atom stereocenters. The van der Waals surface area contributed by atoms with Crippen LogP contribution in [0.25, 0.3) is 0 Å². The fourth-order valence-corrected chi connectivity index (χ4v) is 2.07. The maximum atomic E-state index is 12.2. The van der Waals surface area contributed by atoms with Crippen LogP contribution in [0.15, 0.2) is 18.2 Å². The van der Waals surface area contributed by atoms with Crippen molar-refractivity contribution in [3.05, 3.63) is 33.9 Å². The largest absolute Gasteiger partial charge is 0.496 e. The van der Waals surface area contributed by atoms with E-state index in [0.717, 1.165) is 0 Å². The van der Waals surface area contributed by atoms with Crippen molar-refractivity contribution in [1.29, 1.82) is 0 Å². The number of hydrogen-bond acceptors (Lipinski definition) is 5. The van der Waals surface area contributed by atoms with Crippen LogP contribution in [-0.2, 0) is 0 Å². The summed E-state index contributed by atoms with van der Waals surface area (Å²) in [6, 6.07) is 3.87. The summed E-state index contributed by atoms with van der Waals surface area (Å²) >= 11 is 0. The van der Waals surface area contributed by atoms with E-state index in [2.05, 4.69) is 0 Å². The number of methoxy groups -OCH3 is 1. The molecule has 1 N–H and O–H groups in total. The molecule has 7 nitrogen and oxygen atoms in total. The summed E-state index contributed by atoms with van der Waals surface area (Å²) in [5.41, 5.74) is 0.136. The predicted octanol–water partition coefficient (Wildman–Crippen LogP) is 0.810. The first kappa shape index (κ1) is 13.3. The van der Waals surface area contributed by atoms with Gasteiger partial charge in [0.15, 0.2) is 0 Å². The molecule has 1 aromatic carbocycles. The van der Waals surface area contributed by atoms with Crippen molar-refractivity contribution in [3.63, 3.8) is 0 Å². The van der Waals surface area contributed by atoms with Gasteiger partial charge in [0, 0.05) is 19.2 Å². The van der Waals surface area contributed by atoms with Crippen molar-refractivity contribution in [2.75, 3.05) is 20.2 Å². The Balaban J connectivity index is 2.29. The third-order valence-electron chi connectivity index (χ3n) is 3.08. The van der Waals surface area contributed by atoms with Gasteiger partial charge in [-0.05, 0) is 12.5 Å². The van der Waals surface area contributed by atoms with Gasteiger partial charge in [-0.25, -0.2) is 0 Å². The van der Waals surface area contributed by atoms with Crippen LogP contribution in [0.2, 0.25) is 0 Å². The molecule has 0 saturated carbocycles. The Hall–Kier alpha value is -2.15. The van der Waals surface area contributed by atoms with Gasteiger partial charge in [-0.1, -0.05) is 0 Å².